The Kier molecular flexibility index (Phi) is 7.15. The molecule has 0 radical (unpaired) electrons. The normalized spacial score (nSPS) is 44.0. The molecule has 9 atom stereocenters. The minimum Gasteiger partial charge on any atom is -0.390 e. The van der Waals surface area contributed by atoms with Gasteiger partial charge in [0.25, 0.3) is 0 Å². The third-order valence-electron chi connectivity index (χ3n) is 6.96. The van der Waals surface area contributed by atoms with Gasteiger partial charge in [-0.1, -0.05) is 29.8 Å². The van der Waals surface area contributed by atoms with E-state index < -0.39 is 42.0 Å². The Morgan fingerprint density at radius 1 is 1.16 bits per heavy atom. The molecule has 2 saturated heterocycles. The maximum atomic E-state index is 11.6. The average Bonchev–Trinajstić information content (AvgIpc) is 2.75. The van der Waals surface area contributed by atoms with Crippen LogP contribution in [0.15, 0.2) is 24.3 Å². The van der Waals surface area contributed by atoms with E-state index in [1.165, 1.54) is 0 Å². The molecular formula is C22H34ClN3O6. The third kappa shape index (κ3) is 4.20. The van der Waals surface area contributed by atoms with Gasteiger partial charge in [-0.25, -0.2) is 0 Å². The Hall–Kier alpha value is -0.850. The fourth-order valence-electron chi connectivity index (χ4n) is 5.20. The first-order valence-electron chi connectivity index (χ1n) is 11.1. The van der Waals surface area contributed by atoms with Crippen LogP contribution in [0.3, 0.4) is 0 Å². The Morgan fingerprint density at radius 2 is 1.91 bits per heavy atom. The molecule has 32 heavy (non-hydrogen) atoms. The van der Waals surface area contributed by atoms with Crippen LogP contribution in [0.5, 0.6) is 0 Å². The predicted octanol–water partition coefficient (Wildman–Crippen LogP) is -0.291. The first kappa shape index (κ1) is 24.3. The van der Waals surface area contributed by atoms with E-state index in [1.54, 1.807) is 20.2 Å². The van der Waals surface area contributed by atoms with Crippen molar-refractivity contribution in [2.75, 3.05) is 20.6 Å². The summed E-state index contributed by atoms with van der Waals surface area (Å²) in [5.74, 6) is -2.12. The first-order valence-corrected chi connectivity index (χ1v) is 11.5. The second-order valence-corrected chi connectivity index (χ2v) is 9.51. The zero-order chi connectivity index (χ0) is 23.1. The van der Waals surface area contributed by atoms with Gasteiger partial charge >= 0.3 is 0 Å². The summed E-state index contributed by atoms with van der Waals surface area (Å²) in [5, 5.41) is 44.0. The summed E-state index contributed by atoms with van der Waals surface area (Å²) in [4.78, 5) is 0. The zero-order valence-electron chi connectivity index (χ0n) is 18.6. The first-order chi connectivity index (χ1) is 15.2. The van der Waals surface area contributed by atoms with E-state index >= 15 is 0 Å². The van der Waals surface area contributed by atoms with Crippen LogP contribution in [0.4, 0.5) is 0 Å². The Balaban J connectivity index is 1.55. The number of fused-ring (bicyclic) bond motifs is 2. The van der Waals surface area contributed by atoms with E-state index in [2.05, 4.69) is 16.0 Å². The number of aliphatic hydroxyl groups excluding tert-OH is 1. The number of benzene rings is 1. The van der Waals surface area contributed by atoms with Crippen molar-refractivity contribution in [3.05, 3.63) is 34.9 Å². The SMILES string of the molecule is CN[C@H]1[C@@H](O)[C@@H](NC)CC2OC3O[C@H](C)C[C@@](O)(CNCc4ccccc4Cl)[C@]3(O)O[C@@H]21. The standard InChI is InChI=1S/C22H34ClN3O6/c1-12-9-21(28,11-26-10-13-6-4-5-7-14(13)23)22(29)20(30-12)31-16-8-15(24-2)18(27)17(25-3)19(16)32-22/h4-7,12,15-20,24-29H,8-11H2,1-3H3/t12-,15+,16?,17+,18+,19+,20?,21-,22-/m1/s1. The lowest BCUT2D eigenvalue weighted by atomic mass is 9.79. The van der Waals surface area contributed by atoms with Gasteiger partial charge in [0.1, 0.15) is 11.7 Å². The number of ether oxygens (including phenoxy) is 3. The molecule has 2 aliphatic heterocycles. The summed E-state index contributed by atoms with van der Waals surface area (Å²) < 4.78 is 18.2. The molecule has 0 amide bonds. The highest BCUT2D eigenvalue weighted by Gasteiger charge is 2.67. The lowest BCUT2D eigenvalue weighted by Crippen LogP contribution is -2.79. The molecule has 0 bridgehead atoms. The fourth-order valence-corrected chi connectivity index (χ4v) is 5.40. The highest BCUT2D eigenvalue weighted by Crippen LogP contribution is 2.46. The Morgan fingerprint density at radius 3 is 2.59 bits per heavy atom. The predicted molar refractivity (Wildman–Crippen MR) is 118 cm³/mol. The van der Waals surface area contributed by atoms with Crippen LogP contribution in [0.1, 0.15) is 25.3 Å². The summed E-state index contributed by atoms with van der Waals surface area (Å²) >= 11 is 6.24. The summed E-state index contributed by atoms with van der Waals surface area (Å²) in [5.41, 5.74) is -0.809. The maximum absolute atomic E-state index is 11.6. The van der Waals surface area contributed by atoms with Gasteiger partial charge in [0.15, 0.2) is 0 Å². The molecule has 4 rings (SSSR count). The smallest absolute Gasteiger partial charge is 0.249 e. The van der Waals surface area contributed by atoms with Crippen LogP contribution in [0.2, 0.25) is 5.02 Å². The van der Waals surface area contributed by atoms with Gasteiger partial charge in [0.05, 0.1) is 24.4 Å². The van der Waals surface area contributed by atoms with Crippen molar-refractivity contribution >= 4 is 11.6 Å². The second-order valence-electron chi connectivity index (χ2n) is 9.10. The van der Waals surface area contributed by atoms with Gasteiger partial charge in [0, 0.05) is 30.6 Å². The van der Waals surface area contributed by atoms with E-state index in [-0.39, 0.29) is 25.1 Å². The topological polar surface area (TPSA) is 124 Å². The molecular weight excluding hydrogens is 438 g/mol. The summed E-state index contributed by atoms with van der Waals surface area (Å²) in [7, 11) is 3.50. The molecule has 1 aliphatic carbocycles. The second kappa shape index (κ2) is 9.42. The van der Waals surface area contributed by atoms with Crippen molar-refractivity contribution in [1.82, 2.24) is 16.0 Å². The van der Waals surface area contributed by atoms with Crippen LogP contribution in [0, 0.1) is 0 Å². The number of halogens is 1. The third-order valence-corrected chi connectivity index (χ3v) is 7.33. The highest BCUT2D eigenvalue weighted by atomic mass is 35.5. The van der Waals surface area contributed by atoms with Crippen LogP contribution < -0.4 is 16.0 Å². The van der Waals surface area contributed by atoms with Gasteiger partial charge in [-0.2, -0.15) is 0 Å². The van der Waals surface area contributed by atoms with Gasteiger partial charge < -0.3 is 45.5 Å². The van der Waals surface area contributed by atoms with Gasteiger partial charge in [0.2, 0.25) is 12.1 Å². The number of likely N-dealkylation sites (N-methyl/N-ethyl adjacent to an activating group) is 2. The largest absolute Gasteiger partial charge is 0.390 e. The number of aliphatic hydroxyl groups is 3. The molecule has 180 valence electrons. The summed E-state index contributed by atoms with van der Waals surface area (Å²) in [6, 6.07) is 6.73. The molecule has 1 aromatic rings. The van der Waals surface area contributed by atoms with E-state index in [9.17, 15) is 15.3 Å². The van der Waals surface area contributed by atoms with Crippen molar-refractivity contribution in [3.63, 3.8) is 0 Å². The van der Waals surface area contributed by atoms with Crippen molar-refractivity contribution in [3.8, 4) is 0 Å². The molecule has 1 aromatic carbocycles. The van der Waals surface area contributed by atoms with E-state index in [0.717, 1.165) is 5.56 Å². The van der Waals surface area contributed by atoms with Gasteiger partial charge in [-0.3, -0.25) is 0 Å². The molecule has 1 saturated carbocycles. The molecule has 9 nitrogen and oxygen atoms in total. The van der Waals surface area contributed by atoms with E-state index in [4.69, 9.17) is 25.8 Å². The fraction of sp³-hybridized carbons (Fsp3) is 0.727. The van der Waals surface area contributed by atoms with Crippen molar-refractivity contribution in [2.24, 2.45) is 0 Å². The molecule has 10 heteroatoms. The van der Waals surface area contributed by atoms with Crippen LogP contribution in [-0.2, 0) is 20.8 Å². The lowest BCUT2D eigenvalue weighted by Gasteiger charge is -2.59. The minimum atomic E-state index is -2.12. The monoisotopic (exact) mass is 471 g/mol. The molecule has 2 unspecified atom stereocenters. The quantitative estimate of drug-likeness (QED) is 0.332. The number of hydrogen-bond acceptors (Lipinski definition) is 9. The molecule has 3 aliphatic rings. The van der Waals surface area contributed by atoms with Crippen LogP contribution in [-0.4, -0.2) is 90.1 Å². The van der Waals surface area contributed by atoms with Gasteiger partial charge in [-0.05, 0) is 39.1 Å². The zero-order valence-corrected chi connectivity index (χ0v) is 19.4. The van der Waals surface area contributed by atoms with Gasteiger partial charge in [-0.15, -0.1) is 0 Å². The van der Waals surface area contributed by atoms with E-state index in [0.29, 0.717) is 18.0 Å². The summed E-state index contributed by atoms with van der Waals surface area (Å²) in [6.07, 6.45) is -2.76. The van der Waals surface area contributed by atoms with Crippen molar-refractivity contribution < 1.29 is 29.5 Å². The number of hydrogen-bond donors (Lipinski definition) is 6. The maximum Gasteiger partial charge on any atom is 0.249 e. The Bertz CT molecular complexity index is 805. The summed E-state index contributed by atoms with van der Waals surface area (Å²) in [6.45, 7) is 2.27. The van der Waals surface area contributed by atoms with Crippen LogP contribution >= 0.6 is 11.6 Å². The molecule has 3 fully saturated rings. The number of nitrogens with one attached hydrogen (secondary N) is 3. The average molecular weight is 472 g/mol. The van der Waals surface area contributed by atoms with Crippen LogP contribution in [0.25, 0.3) is 0 Å². The lowest BCUT2D eigenvalue weighted by molar-refractivity contribution is -0.477. The highest BCUT2D eigenvalue weighted by molar-refractivity contribution is 6.31. The van der Waals surface area contributed by atoms with Crippen molar-refractivity contribution in [1.29, 1.82) is 0 Å². The molecule has 0 aromatic heterocycles. The molecule has 0 spiro atoms. The molecule has 2 heterocycles. The van der Waals surface area contributed by atoms with E-state index in [1.807, 2.05) is 25.1 Å². The number of rotatable bonds is 6. The Labute approximate surface area is 193 Å². The molecule has 6 N–H and O–H groups in total. The minimum absolute atomic E-state index is 0.0333. The van der Waals surface area contributed by atoms with Crippen molar-refractivity contribution in [2.45, 2.75) is 80.5 Å².